The lowest BCUT2D eigenvalue weighted by molar-refractivity contribution is -0.115. The summed E-state index contributed by atoms with van der Waals surface area (Å²) in [6.07, 6.45) is 0. The number of carbonyl (C=O) groups is 1. The Kier molecular flexibility index (Phi) is 6.14. The molecule has 1 aromatic heterocycles. The molecule has 7 heteroatoms. The molecule has 5 nitrogen and oxygen atoms in total. The van der Waals surface area contributed by atoms with Gasteiger partial charge < -0.3 is 4.90 Å². The molecule has 3 rings (SSSR count). The number of fused-ring (bicyclic) bond motifs is 1. The molecular weight excluding hydrogens is 377 g/mol. The van der Waals surface area contributed by atoms with E-state index in [9.17, 15) is 14.0 Å². The quantitative estimate of drug-likeness (QED) is 0.465. The monoisotopic (exact) mass is 399 g/mol. The van der Waals surface area contributed by atoms with Gasteiger partial charge in [-0.3, -0.25) is 14.2 Å². The number of hydrogen-bond acceptors (Lipinski definition) is 4. The lowest BCUT2D eigenvalue weighted by atomic mass is 10.2. The van der Waals surface area contributed by atoms with Crippen LogP contribution in [-0.2, 0) is 11.3 Å². The number of aromatic nitrogens is 2. The maximum atomic E-state index is 13.1. The van der Waals surface area contributed by atoms with Crippen molar-refractivity contribution >= 4 is 34.3 Å². The van der Waals surface area contributed by atoms with Gasteiger partial charge in [0.15, 0.2) is 5.16 Å². The van der Waals surface area contributed by atoms with E-state index in [0.29, 0.717) is 28.3 Å². The van der Waals surface area contributed by atoms with E-state index in [1.807, 2.05) is 26.0 Å². The highest BCUT2D eigenvalue weighted by molar-refractivity contribution is 7.99. The van der Waals surface area contributed by atoms with Gasteiger partial charge >= 0.3 is 0 Å². The van der Waals surface area contributed by atoms with Crippen LogP contribution in [0, 0.1) is 11.7 Å². The van der Waals surface area contributed by atoms with Gasteiger partial charge in [0.2, 0.25) is 5.91 Å². The van der Waals surface area contributed by atoms with Crippen LogP contribution in [0.2, 0.25) is 0 Å². The van der Waals surface area contributed by atoms with E-state index in [4.69, 9.17) is 0 Å². The van der Waals surface area contributed by atoms with Crippen LogP contribution in [-0.4, -0.2) is 28.3 Å². The molecule has 2 aromatic carbocycles. The zero-order chi connectivity index (χ0) is 20.3. The first kappa shape index (κ1) is 20.1. The standard InChI is InChI=1S/C21H22FN3O2S/c1-14(2)12-25-20(27)17-6-4-5-7-18(17)23-21(25)28-13-19(26)24(3)16-10-8-15(22)9-11-16/h4-11,14H,12-13H2,1-3H3. The second-order valence-electron chi connectivity index (χ2n) is 6.94. The number of rotatable bonds is 6. The first-order chi connectivity index (χ1) is 13.4. The molecule has 146 valence electrons. The van der Waals surface area contributed by atoms with Gasteiger partial charge in [-0.05, 0) is 42.3 Å². The Balaban J connectivity index is 1.85. The van der Waals surface area contributed by atoms with Crippen molar-refractivity contribution in [2.45, 2.75) is 25.5 Å². The zero-order valence-corrected chi connectivity index (χ0v) is 16.9. The van der Waals surface area contributed by atoms with Crippen LogP contribution in [0.1, 0.15) is 13.8 Å². The van der Waals surface area contributed by atoms with Crippen molar-refractivity contribution in [1.82, 2.24) is 9.55 Å². The Morgan fingerprint density at radius 1 is 1.18 bits per heavy atom. The summed E-state index contributed by atoms with van der Waals surface area (Å²) in [5, 5.41) is 1.10. The van der Waals surface area contributed by atoms with Crippen molar-refractivity contribution in [2.24, 2.45) is 5.92 Å². The second kappa shape index (κ2) is 8.56. The Hall–Kier alpha value is -2.67. The fourth-order valence-corrected chi connectivity index (χ4v) is 3.74. The maximum Gasteiger partial charge on any atom is 0.262 e. The van der Waals surface area contributed by atoms with Gasteiger partial charge in [-0.1, -0.05) is 37.7 Å². The minimum Gasteiger partial charge on any atom is -0.315 e. The van der Waals surface area contributed by atoms with E-state index >= 15 is 0 Å². The number of para-hydroxylation sites is 1. The van der Waals surface area contributed by atoms with Gasteiger partial charge in [0.05, 0.1) is 16.7 Å². The highest BCUT2D eigenvalue weighted by Crippen LogP contribution is 2.21. The molecule has 0 unspecified atom stereocenters. The van der Waals surface area contributed by atoms with Crippen molar-refractivity contribution in [2.75, 3.05) is 17.7 Å². The summed E-state index contributed by atoms with van der Waals surface area (Å²) in [6.45, 7) is 4.59. The van der Waals surface area contributed by atoms with Gasteiger partial charge in [-0.2, -0.15) is 0 Å². The molecular formula is C21H22FN3O2S. The number of hydrogen-bond donors (Lipinski definition) is 0. The number of nitrogens with zero attached hydrogens (tertiary/aromatic N) is 3. The van der Waals surface area contributed by atoms with E-state index in [0.717, 1.165) is 0 Å². The summed E-state index contributed by atoms with van der Waals surface area (Å²) in [6, 6.07) is 13.0. The van der Waals surface area contributed by atoms with Gasteiger partial charge in [0.1, 0.15) is 5.82 Å². The number of thioether (sulfide) groups is 1. The normalized spacial score (nSPS) is 11.2. The van der Waals surface area contributed by atoms with E-state index in [1.165, 1.54) is 28.8 Å². The van der Waals surface area contributed by atoms with Crippen LogP contribution in [0.5, 0.6) is 0 Å². The first-order valence-corrected chi connectivity index (χ1v) is 10.00. The fraction of sp³-hybridized carbons (Fsp3) is 0.286. The number of anilines is 1. The van der Waals surface area contributed by atoms with Crippen LogP contribution in [0.25, 0.3) is 10.9 Å². The van der Waals surface area contributed by atoms with E-state index < -0.39 is 0 Å². The van der Waals surface area contributed by atoms with Crippen molar-refractivity contribution in [3.63, 3.8) is 0 Å². The summed E-state index contributed by atoms with van der Waals surface area (Å²) in [4.78, 5) is 31.6. The molecule has 0 aliphatic rings. The number of benzene rings is 2. The van der Waals surface area contributed by atoms with Crippen molar-refractivity contribution < 1.29 is 9.18 Å². The third-order valence-corrected chi connectivity index (χ3v) is 5.25. The molecule has 3 aromatic rings. The minimum atomic E-state index is -0.350. The molecule has 0 radical (unpaired) electrons. The molecule has 0 spiro atoms. The summed E-state index contributed by atoms with van der Waals surface area (Å²) >= 11 is 1.24. The van der Waals surface area contributed by atoms with E-state index in [1.54, 1.807) is 35.9 Å². The molecule has 0 atom stereocenters. The average Bonchev–Trinajstić information content (AvgIpc) is 2.68. The molecule has 28 heavy (non-hydrogen) atoms. The number of halogens is 1. The second-order valence-corrected chi connectivity index (χ2v) is 7.88. The topological polar surface area (TPSA) is 55.2 Å². The van der Waals surface area contributed by atoms with E-state index in [-0.39, 0.29) is 29.0 Å². The Morgan fingerprint density at radius 2 is 1.86 bits per heavy atom. The summed E-state index contributed by atoms with van der Waals surface area (Å²) in [5.74, 6) is -0.124. The SMILES string of the molecule is CC(C)Cn1c(SCC(=O)N(C)c2ccc(F)cc2)nc2ccccc2c1=O. The summed E-state index contributed by atoms with van der Waals surface area (Å²) < 4.78 is 14.7. The van der Waals surface area contributed by atoms with Crippen molar-refractivity contribution in [3.05, 3.63) is 64.7 Å². The van der Waals surface area contributed by atoms with Crippen LogP contribution >= 0.6 is 11.8 Å². The highest BCUT2D eigenvalue weighted by atomic mass is 32.2. The number of carbonyl (C=O) groups excluding carboxylic acids is 1. The predicted molar refractivity (Wildman–Crippen MR) is 111 cm³/mol. The first-order valence-electron chi connectivity index (χ1n) is 9.01. The molecule has 0 bridgehead atoms. The molecule has 0 aliphatic heterocycles. The maximum absolute atomic E-state index is 13.1. The van der Waals surface area contributed by atoms with Gasteiger partial charge in [-0.15, -0.1) is 0 Å². The number of amides is 1. The summed E-state index contributed by atoms with van der Waals surface area (Å²) in [7, 11) is 1.64. The Labute approximate surface area is 167 Å². The molecule has 0 aliphatic carbocycles. The lowest BCUT2D eigenvalue weighted by Crippen LogP contribution is -2.29. The summed E-state index contributed by atoms with van der Waals surface area (Å²) in [5.41, 5.74) is 1.13. The minimum absolute atomic E-state index is 0.0962. The lowest BCUT2D eigenvalue weighted by Gasteiger charge is -2.18. The third-order valence-electron chi connectivity index (χ3n) is 4.29. The molecule has 1 heterocycles. The van der Waals surface area contributed by atoms with Gasteiger partial charge in [0.25, 0.3) is 5.56 Å². The molecule has 1 amide bonds. The zero-order valence-electron chi connectivity index (χ0n) is 16.1. The largest absolute Gasteiger partial charge is 0.315 e. The smallest absolute Gasteiger partial charge is 0.262 e. The molecule has 0 N–H and O–H groups in total. The van der Waals surface area contributed by atoms with Crippen LogP contribution in [0.4, 0.5) is 10.1 Å². The van der Waals surface area contributed by atoms with Crippen LogP contribution in [0.15, 0.2) is 58.5 Å². The highest BCUT2D eigenvalue weighted by Gasteiger charge is 2.16. The molecule has 0 saturated heterocycles. The van der Waals surface area contributed by atoms with E-state index in [2.05, 4.69) is 4.98 Å². The molecule has 0 saturated carbocycles. The Bertz CT molecular complexity index is 1050. The van der Waals surface area contributed by atoms with Crippen molar-refractivity contribution in [1.29, 1.82) is 0 Å². The average molecular weight is 399 g/mol. The van der Waals surface area contributed by atoms with Gasteiger partial charge in [0, 0.05) is 19.3 Å². The van der Waals surface area contributed by atoms with Crippen LogP contribution < -0.4 is 10.5 Å². The Morgan fingerprint density at radius 3 is 2.54 bits per heavy atom. The van der Waals surface area contributed by atoms with Gasteiger partial charge in [-0.25, -0.2) is 9.37 Å². The predicted octanol–water partition coefficient (Wildman–Crippen LogP) is 3.95. The van der Waals surface area contributed by atoms with Crippen molar-refractivity contribution in [3.8, 4) is 0 Å². The fourth-order valence-electron chi connectivity index (χ4n) is 2.82. The molecule has 0 fully saturated rings. The third kappa shape index (κ3) is 4.42. The van der Waals surface area contributed by atoms with Crippen LogP contribution in [0.3, 0.4) is 0 Å².